The second-order valence-electron chi connectivity index (χ2n) is 6.68. The number of aryl methyl sites for hydroxylation is 1. The molecule has 0 bridgehead atoms. The summed E-state index contributed by atoms with van der Waals surface area (Å²) in [5.41, 5.74) is 1.73. The van der Waals surface area contributed by atoms with Crippen LogP contribution < -0.4 is 10.2 Å². The molecule has 0 spiro atoms. The average Bonchev–Trinajstić information content (AvgIpc) is 3.09. The summed E-state index contributed by atoms with van der Waals surface area (Å²) in [6.45, 7) is 4.56. The summed E-state index contributed by atoms with van der Waals surface area (Å²) in [6.07, 6.45) is 1.13. The SMILES string of the molecule is Cc1nc(Nc2ccc(F)cn2)sc1C(=O)N1CCN(c2cccc(Cl)c2)CC1. The third-order valence-electron chi connectivity index (χ3n) is 4.69. The quantitative estimate of drug-likeness (QED) is 0.665. The molecule has 1 N–H and O–H groups in total. The van der Waals surface area contributed by atoms with Crippen LogP contribution in [0, 0.1) is 12.7 Å². The lowest BCUT2D eigenvalue weighted by molar-refractivity contribution is 0.0750. The highest BCUT2D eigenvalue weighted by molar-refractivity contribution is 7.17. The average molecular weight is 432 g/mol. The Bertz CT molecular complexity index is 1020. The monoisotopic (exact) mass is 431 g/mol. The molecule has 0 atom stereocenters. The predicted octanol–water partition coefficient (Wildman–Crippen LogP) is 4.35. The van der Waals surface area contributed by atoms with Crippen LogP contribution in [0.15, 0.2) is 42.6 Å². The van der Waals surface area contributed by atoms with Crippen LogP contribution in [0.2, 0.25) is 5.02 Å². The third-order valence-corrected chi connectivity index (χ3v) is 5.99. The zero-order valence-electron chi connectivity index (χ0n) is 15.7. The first-order valence-electron chi connectivity index (χ1n) is 9.15. The molecule has 9 heteroatoms. The Labute approximate surface area is 177 Å². The molecule has 0 aliphatic carbocycles. The second kappa shape index (κ2) is 8.34. The van der Waals surface area contributed by atoms with Crippen molar-refractivity contribution in [2.45, 2.75) is 6.92 Å². The van der Waals surface area contributed by atoms with Gasteiger partial charge in [0.05, 0.1) is 11.9 Å². The van der Waals surface area contributed by atoms with Crippen molar-refractivity contribution in [3.05, 3.63) is 64.0 Å². The number of amides is 1. The molecule has 1 amide bonds. The number of nitrogens with zero attached hydrogens (tertiary/aromatic N) is 4. The van der Waals surface area contributed by atoms with Gasteiger partial charge in [-0.1, -0.05) is 29.0 Å². The largest absolute Gasteiger partial charge is 0.368 e. The number of piperazine rings is 1. The minimum atomic E-state index is -0.404. The van der Waals surface area contributed by atoms with Crippen molar-refractivity contribution < 1.29 is 9.18 Å². The van der Waals surface area contributed by atoms with Crippen LogP contribution in [0.25, 0.3) is 0 Å². The van der Waals surface area contributed by atoms with Crippen LogP contribution in [0.1, 0.15) is 15.4 Å². The summed E-state index contributed by atoms with van der Waals surface area (Å²) in [6, 6.07) is 10.6. The van der Waals surface area contributed by atoms with Crippen LogP contribution in [0.5, 0.6) is 0 Å². The van der Waals surface area contributed by atoms with Gasteiger partial charge in [-0.25, -0.2) is 14.4 Å². The van der Waals surface area contributed by atoms with Crippen molar-refractivity contribution >= 4 is 45.5 Å². The minimum absolute atomic E-state index is 0.0224. The van der Waals surface area contributed by atoms with Gasteiger partial charge in [0.1, 0.15) is 16.5 Å². The summed E-state index contributed by atoms with van der Waals surface area (Å²) >= 11 is 7.36. The maximum absolute atomic E-state index is 13.0. The Hall–Kier alpha value is -2.71. The van der Waals surface area contributed by atoms with Crippen LogP contribution in [-0.4, -0.2) is 47.0 Å². The summed E-state index contributed by atoms with van der Waals surface area (Å²) < 4.78 is 13.0. The lowest BCUT2D eigenvalue weighted by Crippen LogP contribution is -2.48. The number of halogens is 2. The van der Waals surface area contributed by atoms with Gasteiger partial charge < -0.3 is 15.1 Å². The van der Waals surface area contributed by atoms with E-state index in [4.69, 9.17) is 11.6 Å². The highest BCUT2D eigenvalue weighted by Gasteiger charge is 2.25. The van der Waals surface area contributed by atoms with Crippen molar-refractivity contribution in [2.24, 2.45) is 0 Å². The van der Waals surface area contributed by atoms with Crippen LogP contribution in [0.4, 0.5) is 21.0 Å². The molecule has 4 rings (SSSR count). The molecule has 0 unspecified atom stereocenters. The standard InChI is InChI=1S/C20H19ClFN5OS/c1-13-18(29-20(24-13)25-17-6-5-15(22)12-23-17)19(28)27-9-7-26(8-10-27)16-4-2-3-14(21)11-16/h2-6,11-12H,7-10H2,1H3,(H,23,24,25). The summed E-state index contributed by atoms with van der Waals surface area (Å²) in [5, 5.41) is 4.29. The Balaban J connectivity index is 1.41. The number of nitrogens with one attached hydrogen (secondary N) is 1. The molecular formula is C20H19ClFN5OS. The number of thiazole rings is 1. The molecule has 0 radical (unpaired) electrons. The first kappa shape index (κ1) is 19.6. The van der Waals surface area contributed by atoms with E-state index < -0.39 is 5.82 Å². The maximum atomic E-state index is 13.0. The van der Waals surface area contributed by atoms with Gasteiger partial charge in [0, 0.05) is 36.9 Å². The number of anilines is 3. The van der Waals surface area contributed by atoms with E-state index in [1.807, 2.05) is 36.1 Å². The van der Waals surface area contributed by atoms with Crippen LogP contribution >= 0.6 is 22.9 Å². The van der Waals surface area contributed by atoms with E-state index in [0.717, 1.165) is 25.0 Å². The van der Waals surface area contributed by atoms with Gasteiger partial charge in [-0.3, -0.25) is 4.79 Å². The number of aromatic nitrogens is 2. The Morgan fingerprint density at radius 3 is 2.69 bits per heavy atom. The number of carbonyl (C=O) groups excluding carboxylic acids is 1. The molecular weight excluding hydrogens is 413 g/mol. The molecule has 1 fully saturated rings. The van der Waals surface area contributed by atoms with E-state index in [9.17, 15) is 9.18 Å². The number of pyridine rings is 1. The third kappa shape index (κ3) is 4.49. The molecule has 1 aromatic carbocycles. The Morgan fingerprint density at radius 1 is 1.21 bits per heavy atom. The van der Waals surface area contributed by atoms with Gasteiger partial charge in [-0.2, -0.15) is 0 Å². The lowest BCUT2D eigenvalue weighted by atomic mass is 10.2. The fourth-order valence-electron chi connectivity index (χ4n) is 3.19. The molecule has 1 saturated heterocycles. The summed E-state index contributed by atoms with van der Waals surface area (Å²) in [7, 11) is 0. The summed E-state index contributed by atoms with van der Waals surface area (Å²) in [5.74, 6) is 0.0544. The maximum Gasteiger partial charge on any atom is 0.266 e. The molecule has 1 aliphatic rings. The first-order valence-corrected chi connectivity index (χ1v) is 10.3. The fourth-order valence-corrected chi connectivity index (χ4v) is 4.32. The molecule has 2 aromatic heterocycles. The Kier molecular flexibility index (Phi) is 5.64. The highest BCUT2D eigenvalue weighted by atomic mass is 35.5. The lowest BCUT2D eigenvalue weighted by Gasteiger charge is -2.36. The van der Waals surface area contributed by atoms with E-state index in [-0.39, 0.29) is 5.91 Å². The van der Waals surface area contributed by atoms with Gasteiger partial charge in [0.15, 0.2) is 5.13 Å². The molecule has 3 heterocycles. The number of hydrogen-bond donors (Lipinski definition) is 1. The van der Waals surface area contributed by atoms with Crippen molar-refractivity contribution in [3.63, 3.8) is 0 Å². The number of benzene rings is 1. The number of rotatable bonds is 4. The van der Waals surface area contributed by atoms with Crippen LogP contribution in [-0.2, 0) is 0 Å². The topological polar surface area (TPSA) is 61.4 Å². The highest BCUT2D eigenvalue weighted by Crippen LogP contribution is 2.27. The van der Waals surface area contributed by atoms with Crippen molar-refractivity contribution in [1.82, 2.24) is 14.9 Å². The van der Waals surface area contributed by atoms with Crippen molar-refractivity contribution in [3.8, 4) is 0 Å². The molecule has 150 valence electrons. The van der Waals surface area contributed by atoms with Gasteiger partial charge in [-0.05, 0) is 37.3 Å². The van der Waals surface area contributed by atoms with Crippen LogP contribution in [0.3, 0.4) is 0 Å². The normalized spacial score (nSPS) is 14.2. The second-order valence-corrected chi connectivity index (χ2v) is 8.11. The van der Waals surface area contributed by atoms with E-state index in [1.54, 1.807) is 0 Å². The predicted molar refractivity (Wildman–Crippen MR) is 114 cm³/mol. The number of carbonyl (C=O) groups is 1. The van der Waals surface area contributed by atoms with Gasteiger partial charge in [-0.15, -0.1) is 0 Å². The molecule has 6 nitrogen and oxygen atoms in total. The van der Waals surface area contributed by atoms with Gasteiger partial charge in [0.25, 0.3) is 5.91 Å². The molecule has 1 aliphatic heterocycles. The van der Waals surface area contributed by atoms with Gasteiger partial charge in [0.2, 0.25) is 0 Å². The molecule has 3 aromatic rings. The number of hydrogen-bond acceptors (Lipinski definition) is 6. The smallest absolute Gasteiger partial charge is 0.266 e. The van der Waals surface area contributed by atoms with E-state index in [1.165, 1.54) is 23.5 Å². The zero-order chi connectivity index (χ0) is 20.4. The minimum Gasteiger partial charge on any atom is -0.368 e. The Morgan fingerprint density at radius 2 is 2.00 bits per heavy atom. The van der Waals surface area contributed by atoms with E-state index in [0.29, 0.717) is 39.6 Å². The van der Waals surface area contributed by atoms with E-state index in [2.05, 4.69) is 20.2 Å². The summed E-state index contributed by atoms with van der Waals surface area (Å²) in [4.78, 5) is 26.0. The van der Waals surface area contributed by atoms with E-state index >= 15 is 0 Å². The van der Waals surface area contributed by atoms with Crippen molar-refractivity contribution in [2.75, 3.05) is 36.4 Å². The first-order chi connectivity index (χ1) is 14.0. The molecule has 0 saturated carbocycles. The fraction of sp³-hybridized carbons (Fsp3) is 0.250. The van der Waals surface area contributed by atoms with Gasteiger partial charge >= 0.3 is 0 Å². The zero-order valence-corrected chi connectivity index (χ0v) is 17.3. The molecule has 29 heavy (non-hydrogen) atoms. The van der Waals surface area contributed by atoms with Crippen molar-refractivity contribution in [1.29, 1.82) is 0 Å².